The van der Waals surface area contributed by atoms with Gasteiger partial charge in [0.05, 0.1) is 16.3 Å². The van der Waals surface area contributed by atoms with Gasteiger partial charge in [0.1, 0.15) is 5.82 Å². The topological polar surface area (TPSA) is 58.2 Å². The van der Waals surface area contributed by atoms with E-state index in [2.05, 4.69) is 10.6 Å². The monoisotopic (exact) mass is 380 g/mol. The van der Waals surface area contributed by atoms with Crippen molar-refractivity contribution in [3.05, 3.63) is 58.9 Å². The van der Waals surface area contributed by atoms with E-state index in [-0.39, 0.29) is 28.6 Å². The third-order valence-corrected chi connectivity index (χ3v) is 4.48. The van der Waals surface area contributed by atoms with E-state index in [0.717, 1.165) is 0 Å². The maximum absolute atomic E-state index is 13.2. The average Bonchev–Trinajstić information content (AvgIpc) is 2.56. The van der Waals surface area contributed by atoms with Crippen molar-refractivity contribution >= 4 is 40.9 Å². The van der Waals surface area contributed by atoms with Crippen LogP contribution in [0.3, 0.4) is 0 Å². The molecule has 2 aromatic carbocycles. The van der Waals surface area contributed by atoms with Gasteiger partial charge in [0.25, 0.3) is 5.91 Å². The van der Waals surface area contributed by atoms with Gasteiger partial charge >= 0.3 is 0 Å². The van der Waals surface area contributed by atoms with Crippen molar-refractivity contribution in [2.24, 2.45) is 0 Å². The Bertz CT molecular complexity index is 783. The molecule has 2 rings (SSSR count). The van der Waals surface area contributed by atoms with Crippen LogP contribution in [0.25, 0.3) is 0 Å². The molecule has 0 unspecified atom stereocenters. The van der Waals surface area contributed by atoms with Gasteiger partial charge in [-0.2, -0.15) is 0 Å². The SMILES string of the molecule is CC(C)NC(=O)CSc1ccccc1C(=O)Nc1ccc(F)c(Cl)c1. The number of amides is 2. The summed E-state index contributed by atoms with van der Waals surface area (Å²) < 4.78 is 13.2. The van der Waals surface area contributed by atoms with Gasteiger partial charge in [-0.25, -0.2) is 4.39 Å². The minimum atomic E-state index is -0.549. The molecule has 132 valence electrons. The van der Waals surface area contributed by atoms with E-state index in [1.807, 2.05) is 13.8 Å². The summed E-state index contributed by atoms with van der Waals surface area (Å²) in [6.07, 6.45) is 0. The normalized spacial score (nSPS) is 10.6. The highest BCUT2D eigenvalue weighted by molar-refractivity contribution is 8.00. The van der Waals surface area contributed by atoms with Gasteiger partial charge < -0.3 is 10.6 Å². The summed E-state index contributed by atoms with van der Waals surface area (Å²) in [5.74, 6) is -0.785. The Morgan fingerprint density at radius 1 is 1.20 bits per heavy atom. The van der Waals surface area contributed by atoms with Gasteiger partial charge in [0.2, 0.25) is 5.91 Å². The second-order valence-electron chi connectivity index (χ2n) is 5.59. The molecular formula is C18H18ClFN2O2S. The summed E-state index contributed by atoms with van der Waals surface area (Å²) in [4.78, 5) is 25.0. The molecule has 2 amide bonds. The Labute approximate surface area is 155 Å². The van der Waals surface area contributed by atoms with Crippen LogP contribution in [0.4, 0.5) is 10.1 Å². The molecule has 0 aliphatic rings. The number of thioether (sulfide) groups is 1. The van der Waals surface area contributed by atoms with Crippen molar-refractivity contribution in [1.29, 1.82) is 0 Å². The van der Waals surface area contributed by atoms with Crippen molar-refractivity contribution in [1.82, 2.24) is 5.32 Å². The molecule has 0 heterocycles. The average molecular weight is 381 g/mol. The summed E-state index contributed by atoms with van der Waals surface area (Å²) in [5, 5.41) is 5.42. The first-order chi connectivity index (χ1) is 11.9. The van der Waals surface area contributed by atoms with Crippen LogP contribution in [0, 0.1) is 5.82 Å². The molecule has 0 saturated heterocycles. The lowest BCUT2D eigenvalue weighted by Crippen LogP contribution is -2.31. The molecule has 0 fully saturated rings. The van der Waals surface area contributed by atoms with Crippen molar-refractivity contribution in [2.75, 3.05) is 11.1 Å². The summed E-state index contributed by atoms with van der Waals surface area (Å²) in [5.41, 5.74) is 0.832. The van der Waals surface area contributed by atoms with Crippen molar-refractivity contribution in [2.45, 2.75) is 24.8 Å². The van der Waals surface area contributed by atoms with Crippen LogP contribution in [0.5, 0.6) is 0 Å². The van der Waals surface area contributed by atoms with E-state index >= 15 is 0 Å². The molecule has 0 bridgehead atoms. The maximum Gasteiger partial charge on any atom is 0.256 e. The molecule has 7 heteroatoms. The second kappa shape index (κ2) is 8.87. The van der Waals surface area contributed by atoms with Crippen LogP contribution in [-0.4, -0.2) is 23.6 Å². The predicted octanol–water partition coefficient (Wildman–Crippen LogP) is 4.35. The first kappa shape index (κ1) is 19.3. The molecule has 0 spiro atoms. The van der Waals surface area contributed by atoms with E-state index in [9.17, 15) is 14.0 Å². The third-order valence-electron chi connectivity index (χ3n) is 3.12. The number of hydrogen-bond donors (Lipinski definition) is 2. The molecule has 4 nitrogen and oxygen atoms in total. The first-order valence-corrected chi connectivity index (χ1v) is 9.00. The van der Waals surface area contributed by atoms with Gasteiger partial charge in [0, 0.05) is 16.6 Å². The molecule has 0 aliphatic carbocycles. The standard InChI is InChI=1S/C18H18ClFN2O2S/c1-11(2)21-17(23)10-25-16-6-4-3-5-13(16)18(24)22-12-7-8-15(20)14(19)9-12/h3-9,11H,10H2,1-2H3,(H,21,23)(H,22,24). The number of halogens is 2. The molecule has 2 aromatic rings. The zero-order chi connectivity index (χ0) is 18.4. The minimum Gasteiger partial charge on any atom is -0.353 e. The highest BCUT2D eigenvalue weighted by atomic mass is 35.5. The lowest BCUT2D eigenvalue weighted by atomic mass is 10.2. The zero-order valence-electron chi connectivity index (χ0n) is 13.8. The van der Waals surface area contributed by atoms with Crippen LogP contribution in [0.15, 0.2) is 47.4 Å². The third kappa shape index (κ3) is 5.76. The van der Waals surface area contributed by atoms with Gasteiger partial charge in [-0.05, 0) is 44.2 Å². The predicted molar refractivity (Wildman–Crippen MR) is 99.8 cm³/mol. The Morgan fingerprint density at radius 3 is 2.60 bits per heavy atom. The summed E-state index contributed by atoms with van der Waals surface area (Å²) in [6, 6.07) is 11.0. The molecule has 0 saturated carbocycles. The van der Waals surface area contributed by atoms with Crippen molar-refractivity contribution in [3.63, 3.8) is 0 Å². The van der Waals surface area contributed by atoms with E-state index in [1.54, 1.807) is 24.3 Å². The molecule has 0 aliphatic heterocycles. The molecule has 0 atom stereocenters. The van der Waals surface area contributed by atoms with E-state index < -0.39 is 5.82 Å². The van der Waals surface area contributed by atoms with E-state index in [1.165, 1.54) is 30.0 Å². The fourth-order valence-electron chi connectivity index (χ4n) is 2.06. The van der Waals surface area contributed by atoms with E-state index in [4.69, 9.17) is 11.6 Å². The summed E-state index contributed by atoms with van der Waals surface area (Å²) >= 11 is 7.01. The molecule has 0 radical (unpaired) electrons. The highest BCUT2D eigenvalue weighted by Crippen LogP contribution is 2.25. The number of carbonyl (C=O) groups is 2. The Hall–Kier alpha value is -2.05. The van der Waals surface area contributed by atoms with Crippen molar-refractivity contribution in [3.8, 4) is 0 Å². The first-order valence-electron chi connectivity index (χ1n) is 7.64. The van der Waals surface area contributed by atoms with Crippen LogP contribution >= 0.6 is 23.4 Å². The van der Waals surface area contributed by atoms with Crippen LogP contribution in [0.1, 0.15) is 24.2 Å². The fraction of sp³-hybridized carbons (Fsp3) is 0.222. The number of hydrogen-bond acceptors (Lipinski definition) is 3. The van der Waals surface area contributed by atoms with Gasteiger partial charge in [-0.3, -0.25) is 9.59 Å². The highest BCUT2D eigenvalue weighted by Gasteiger charge is 2.14. The van der Waals surface area contributed by atoms with Crippen LogP contribution in [-0.2, 0) is 4.79 Å². The summed E-state index contributed by atoms with van der Waals surface area (Å²) in [6.45, 7) is 3.77. The molecule has 0 aromatic heterocycles. The lowest BCUT2D eigenvalue weighted by Gasteiger charge is -2.11. The van der Waals surface area contributed by atoms with Crippen LogP contribution in [0.2, 0.25) is 5.02 Å². The molecular weight excluding hydrogens is 363 g/mol. The molecule has 25 heavy (non-hydrogen) atoms. The number of benzene rings is 2. The minimum absolute atomic E-state index is 0.0641. The lowest BCUT2D eigenvalue weighted by molar-refractivity contribution is -0.119. The number of nitrogens with one attached hydrogen (secondary N) is 2. The van der Waals surface area contributed by atoms with Gasteiger partial charge in [0.15, 0.2) is 0 Å². The van der Waals surface area contributed by atoms with Crippen molar-refractivity contribution < 1.29 is 14.0 Å². The number of carbonyl (C=O) groups excluding carboxylic acids is 2. The van der Waals surface area contributed by atoms with Crippen LogP contribution < -0.4 is 10.6 Å². The van der Waals surface area contributed by atoms with E-state index in [0.29, 0.717) is 16.1 Å². The maximum atomic E-state index is 13.2. The number of rotatable bonds is 6. The fourth-order valence-corrected chi connectivity index (χ4v) is 3.10. The smallest absolute Gasteiger partial charge is 0.256 e. The molecule has 2 N–H and O–H groups in total. The van der Waals surface area contributed by atoms with Gasteiger partial charge in [-0.1, -0.05) is 23.7 Å². The Kier molecular flexibility index (Phi) is 6.84. The number of anilines is 1. The van der Waals surface area contributed by atoms with Gasteiger partial charge in [-0.15, -0.1) is 11.8 Å². The zero-order valence-corrected chi connectivity index (χ0v) is 15.4. The largest absolute Gasteiger partial charge is 0.353 e. The Morgan fingerprint density at radius 2 is 1.92 bits per heavy atom. The Balaban J connectivity index is 2.09. The second-order valence-corrected chi connectivity index (χ2v) is 7.01. The quantitative estimate of drug-likeness (QED) is 0.732. The summed E-state index contributed by atoms with van der Waals surface area (Å²) in [7, 11) is 0.